The largest absolute Gasteiger partial charge is 0.366 e. The van der Waals surface area contributed by atoms with Gasteiger partial charge in [-0.05, 0) is 33.0 Å². The average Bonchev–Trinajstić information content (AvgIpc) is 2.54. The van der Waals surface area contributed by atoms with Crippen molar-refractivity contribution in [1.29, 1.82) is 0 Å². The molecule has 0 unspecified atom stereocenters. The van der Waals surface area contributed by atoms with Crippen LogP contribution in [0.2, 0.25) is 0 Å². The van der Waals surface area contributed by atoms with Crippen molar-refractivity contribution in [2.45, 2.75) is 0 Å². The van der Waals surface area contributed by atoms with E-state index in [1.807, 2.05) is 30.3 Å². The van der Waals surface area contributed by atoms with E-state index in [0.29, 0.717) is 5.56 Å². The molecule has 0 aromatic heterocycles. The first-order chi connectivity index (χ1) is 10.3. The average molecular weight is 271 g/mol. The number of fused-ring (bicyclic) bond motifs is 6. The van der Waals surface area contributed by atoms with Crippen molar-refractivity contribution in [3.05, 3.63) is 72.3 Å². The summed E-state index contributed by atoms with van der Waals surface area (Å²) in [5.74, 6) is -0.388. The van der Waals surface area contributed by atoms with Crippen molar-refractivity contribution in [3.8, 4) is 0 Å². The summed E-state index contributed by atoms with van der Waals surface area (Å²) in [7, 11) is 0. The van der Waals surface area contributed by atoms with Gasteiger partial charge in [-0.25, -0.2) is 0 Å². The molecule has 0 radical (unpaired) electrons. The van der Waals surface area contributed by atoms with Gasteiger partial charge in [0.1, 0.15) is 0 Å². The lowest BCUT2D eigenvalue weighted by atomic mass is 9.91. The van der Waals surface area contributed by atoms with Crippen molar-refractivity contribution >= 4 is 38.2 Å². The number of primary amides is 1. The Kier molecular flexibility index (Phi) is 2.45. The third kappa shape index (κ3) is 1.62. The van der Waals surface area contributed by atoms with Gasteiger partial charge in [-0.2, -0.15) is 0 Å². The van der Waals surface area contributed by atoms with E-state index in [-0.39, 0.29) is 5.91 Å². The van der Waals surface area contributed by atoms with Crippen LogP contribution in [0.3, 0.4) is 0 Å². The maximum absolute atomic E-state index is 11.8. The van der Waals surface area contributed by atoms with Crippen LogP contribution in [0.25, 0.3) is 32.3 Å². The van der Waals surface area contributed by atoms with Crippen molar-refractivity contribution in [1.82, 2.24) is 0 Å². The fourth-order valence-electron chi connectivity index (χ4n) is 3.16. The summed E-state index contributed by atoms with van der Waals surface area (Å²) in [6.45, 7) is 0. The molecule has 0 aliphatic carbocycles. The lowest BCUT2D eigenvalue weighted by Gasteiger charge is -2.12. The quantitative estimate of drug-likeness (QED) is 0.517. The van der Waals surface area contributed by atoms with Gasteiger partial charge < -0.3 is 5.73 Å². The Morgan fingerprint density at radius 2 is 1.05 bits per heavy atom. The lowest BCUT2D eigenvalue weighted by Crippen LogP contribution is -2.11. The number of carbonyl (C=O) groups is 1. The SMILES string of the molecule is NC(=O)c1cccc2c3ccccc3c3ccccc3c12. The highest BCUT2D eigenvalue weighted by atomic mass is 16.1. The molecule has 0 aliphatic rings. The minimum absolute atomic E-state index is 0.388. The molecular weight excluding hydrogens is 258 g/mol. The fraction of sp³-hybridized carbons (Fsp3) is 0. The molecule has 4 aromatic rings. The zero-order chi connectivity index (χ0) is 14.4. The maximum atomic E-state index is 11.8. The van der Waals surface area contributed by atoms with Gasteiger partial charge in [0.15, 0.2) is 0 Å². The Hall–Kier alpha value is -2.87. The first-order valence-electron chi connectivity index (χ1n) is 6.89. The molecule has 21 heavy (non-hydrogen) atoms. The second kappa shape index (κ2) is 4.32. The highest BCUT2D eigenvalue weighted by Gasteiger charge is 2.13. The predicted molar refractivity (Wildman–Crippen MR) is 87.5 cm³/mol. The normalized spacial score (nSPS) is 11.2. The van der Waals surface area contributed by atoms with Crippen LogP contribution in [0.4, 0.5) is 0 Å². The van der Waals surface area contributed by atoms with Crippen LogP contribution in [0.5, 0.6) is 0 Å². The van der Waals surface area contributed by atoms with Crippen molar-refractivity contribution in [3.63, 3.8) is 0 Å². The minimum atomic E-state index is -0.388. The molecule has 0 aliphatic heterocycles. The van der Waals surface area contributed by atoms with Crippen molar-refractivity contribution in [2.24, 2.45) is 5.73 Å². The first-order valence-corrected chi connectivity index (χ1v) is 6.89. The lowest BCUT2D eigenvalue weighted by molar-refractivity contribution is 0.100. The number of hydrogen-bond acceptors (Lipinski definition) is 1. The Labute approximate surface area is 121 Å². The molecule has 2 heteroatoms. The Morgan fingerprint density at radius 3 is 1.57 bits per heavy atom. The molecule has 100 valence electrons. The van der Waals surface area contributed by atoms with E-state index in [2.05, 4.69) is 30.3 Å². The second-order valence-electron chi connectivity index (χ2n) is 5.18. The van der Waals surface area contributed by atoms with Gasteiger partial charge in [-0.3, -0.25) is 4.79 Å². The predicted octanol–water partition coefficient (Wildman–Crippen LogP) is 4.25. The number of nitrogens with two attached hydrogens (primary N) is 1. The van der Waals surface area contributed by atoms with Gasteiger partial charge in [0.05, 0.1) is 0 Å². The van der Waals surface area contributed by atoms with E-state index in [9.17, 15) is 4.79 Å². The van der Waals surface area contributed by atoms with Crippen molar-refractivity contribution in [2.75, 3.05) is 0 Å². The summed E-state index contributed by atoms with van der Waals surface area (Å²) in [5.41, 5.74) is 6.15. The fourth-order valence-corrected chi connectivity index (χ4v) is 3.16. The molecule has 2 N–H and O–H groups in total. The zero-order valence-electron chi connectivity index (χ0n) is 11.3. The van der Waals surface area contributed by atoms with Crippen LogP contribution < -0.4 is 5.73 Å². The van der Waals surface area contributed by atoms with E-state index in [0.717, 1.165) is 26.9 Å². The van der Waals surface area contributed by atoms with Gasteiger partial charge in [0.2, 0.25) is 5.91 Å². The summed E-state index contributed by atoms with van der Waals surface area (Å²) in [6.07, 6.45) is 0. The molecule has 4 rings (SSSR count). The summed E-state index contributed by atoms with van der Waals surface area (Å²) < 4.78 is 0. The third-order valence-corrected chi connectivity index (χ3v) is 4.03. The number of rotatable bonds is 1. The summed E-state index contributed by atoms with van der Waals surface area (Å²) in [4.78, 5) is 11.8. The van der Waals surface area contributed by atoms with Crippen LogP contribution in [-0.4, -0.2) is 5.91 Å². The number of carbonyl (C=O) groups excluding carboxylic acids is 1. The zero-order valence-corrected chi connectivity index (χ0v) is 11.3. The Bertz CT molecular complexity index is 973. The van der Waals surface area contributed by atoms with E-state index < -0.39 is 0 Å². The monoisotopic (exact) mass is 271 g/mol. The van der Waals surface area contributed by atoms with E-state index in [4.69, 9.17) is 5.73 Å². The third-order valence-electron chi connectivity index (χ3n) is 4.03. The molecule has 0 spiro atoms. The van der Waals surface area contributed by atoms with Crippen molar-refractivity contribution < 1.29 is 4.79 Å². The molecule has 2 nitrogen and oxygen atoms in total. The number of amides is 1. The molecular formula is C19H13NO. The van der Waals surface area contributed by atoms with Gasteiger partial charge >= 0.3 is 0 Å². The summed E-state index contributed by atoms with van der Waals surface area (Å²) in [6, 6.07) is 22.2. The van der Waals surface area contributed by atoms with E-state index in [1.54, 1.807) is 6.07 Å². The maximum Gasteiger partial charge on any atom is 0.249 e. The topological polar surface area (TPSA) is 43.1 Å². The molecule has 0 saturated heterocycles. The van der Waals surface area contributed by atoms with Crippen LogP contribution in [-0.2, 0) is 0 Å². The van der Waals surface area contributed by atoms with Crippen LogP contribution >= 0.6 is 0 Å². The molecule has 1 amide bonds. The Morgan fingerprint density at radius 1 is 0.619 bits per heavy atom. The molecule has 0 heterocycles. The van der Waals surface area contributed by atoms with Gasteiger partial charge in [0, 0.05) is 10.9 Å². The van der Waals surface area contributed by atoms with Crippen LogP contribution in [0.15, 0.2) is 66.7 Å². The van der Waals surface area contributed by atoms with Gasteiger partial charge in [0.25, 0.3) is 0 Å². The van der Waals surface area contributed by atoms with Gasteiger partial charge in [-0.1, -0.05) is 60.7 Å². The standard InChI is InChI=1S/C19H13NO/c20-19(21)17-11-5-10-16-14-7-2-1-6-12(14)13-8-3-4-9-15(13)18(16)17/h1-11H,(H2,20,21). The van der Waals surface area contributed by atoms with Gasteiger partial charge in [-0.15, -0.1) is 0 Å². The molecule has 0 fully saturated rings. The first kappa shape index (κ1) is 11.9. The molecule has 4 aromatic carbocycles. The molecule has 0 bridgehead atoms. The molecule has 0 atom stereocenters. The smallest absolute Gasteiger partial charge is 0.249 e. The summed E-state index contributed by atoms with van der Waals surface area (Å²) >= 11 is 0. The second-order valence-corrected chi connectivity index (χ2v) is 5.18. The number of benzene rings is 4. The Balaban J connectivity index is 2.43. The molecule has 0 saturated carbocycles. The van der Waals surface area contributed by atoms with Crippen LogP contribution in [0, 0.1) is 0 Å². The summed E-state index contributed by atoms with van der Waals surface area (Å²) in [5, 5.41) is 6.58. The minimum Gasteiger partial charge on any atom is -0.366 e. The van der Waals surface area contributed by atoms with E-state index in [1.165, 1.54) is 5.39 Å². The highest BCUT2D eigenvalue weighted by molar-refractivity contribution is 6.29. The van der Waals surface area contributed by atoms with Crippen LogP contribution in [0.1, 0.15) is 10.4 Å². The number of hydrogen-bond donors (Lipinski definition) is 1. The highest BCUT2D eigenvalue weighted by Crippen LogP contribution is 2.36. The van der Waals surface area contributed by atoms with E-state index >= 15 is 0 Å².